The highest BCUT2D eigenvalue weighted by molar-refractivity contribution is 6.30. The summed E-state index contributed by atoms with van der Waals surface area (Å²) in [5.41, 5.74) is 3.67. The van der Waals surface area contributed by atoms with Crippen molar-refractivity contribution in [2.45, 2.75) is 27.3 Å². The maximum Gasteiger partial charge on any atom is 0.273 e. The van der Waals surface area contributed by atoms with E-state index in [0.717, 1.165) is 11.3 Å². The number of anilines is 1. The molecule has 2 aromatic carbocycles. The number of hydrogen-bond donors (Lipinski definition) is 1. The Kier molecular flexibility index (Phi) is 5.46. The number of halogens is 1. The Morgan fingerprint density at radius 3 is 2.64 bits per heavy atom. The molecule has 0 saturated carbocycles. The molecule has 0 aliphatic heterocycles. The Morgan fingerprint density at radius 2 is 1.96 bits per heavy atom. The summed E-state index contributed by atoms with van der Waals surface area (Å²) in [6, 6.07) is 11.9. The van der Waals surface area contributed by atoms with Crippen LogP contribution in [-0.4, -0.2) is 20.6 Å². The molecular weight excluding hydrogens is 380 g/mol. The molecule has 0 aliphatic rings. The smallest absolute Gasteiger partial charge is 0.273 e. The lowest BCUT2D eigenvalue weighted by atomic mass is 10.1. The van der Waals surface area contributed by atoms with Gasteiger partial charge in [-0.05, 0) is 44.5 Å². The van der Waals surface area contributed by atoms with Gasteiger partial charge >= 0.3 is 0 Å². The van der Waals surface area contributed by atoms with E-state index in [2.05, 4.69) is 10.4 Å². The second-order valence-corrected chi connectivity index (χ2v) is 6.98. The fraction of sp³-hybridized carbons (Fsp3) is 0.200. The van der Waals surface area contributed by atoms with Crippen molar-refractivity contribution in [2.24, 2.45) is 0 Å². The zero-order valence-electron chi connectivity index (χ0n) is 15.7. The molecule has 0 bridgehead atoms. The molecule has 1 amide bonds. The van der Waals surface area contributed by atoms with E-state index in [1.165, 1.54) is 6.07 Å². The van der Waals surface area contributed by atoms with Crippen molar-refractivity contribution in [1.82, 2.24) is 9.78 Å². The number of carbonyl (C=O) groups is 1. The van der Waals surface area contributed by atoms with E-state index in [9.17, 15) is 14.9 Å². The third-order valence-corrected chi connectivity index (χ3v) is 4.74. The van der Waals surface area contributed by atoms with E-state index in [4.69, 9.17) is 11.6 Å². The molecule has 0 aliphatic carbocycles. The fourth-order valence-electron chi connectivity index (χ4n) is 2.97. The van der Waals surface area contributed by atoms with E-state index >= 15 is 0 Å². The van der Waals surface area contributed by atoms with Gasteiger partial charge in [0.2, 0.25) is 0 Å². The standard InChI is InChI=1S/C20H19ClN4O3/c1-12-7-8-16(10-18(12)25(27)28)20(26)22-19-13(2)23-24(14(19)3)11-15-5-4-6-17(21)9-15/h4-10H,11H2,1-3H3,(H,22,26). The fourth-order valence-corrected chi connectivity index (χ4v) is 3.19. The predicted octanol–water partition coefficient (Wildman–Crippen LogP) is 4.67. The molecule has 0 radical (unpaired) electrons. The quantitative estimate of drug-likeness (QED) is 0.499. The first kappa shape index (κ1) is 19.6. The number of amides is 1. The Bertz CT molecular complexity index is 1080. The van der Waals surface area contributed by atoms with Gasteiger partial charge in [-0.3, -0.25) is 19.6 Å². The van der Waals surface area contributed by atoms with Crippen LogP contribution < -0.4 is 5.32 Å². The molecule has 28 heavy (non-hydrogen) atoms. The largest absolute Gasteiger partial charge is 0.319 e. The van der Waals surface area contributed by atoms with Crippen molar-refractivity contribution < 1.29 is 9.72 Å². The van der Waals surface area contributed by atoms with Crippen LogP contribution in [0.2, 0.25) is 5.02 Å². The summed E-state index contributed by atoms with van der Waals surface area (Å²) in [6.07, 6.45) is 0. The second kappa shape index (κ2) is 7.82. The number of nitrogens with zero attached hydrogens (tertiary/aromatic N) is 3. The van der Waals surface area contributed by atoms with Crippen LogP contribution in [0.15, 0.2) is 42.5 Å². The average molecular weight is 399 g/mol. The first-order valence-electron chi connectivity index (χ1n) is 8.61. The van der Waals surface area contributed by atoms with Crippen molar-refractivity contribution in [2.75, 3.05) is 5.32 Å². The molecule has 8 heteroatoms. The van der Waals surface area contributed by atoms with E-state index in [1.807, 2.05) is 25.1 Å². The van der Waals surface area contributed by atoms with Crippen molar-refractivity contribution in [1.29, 1.82) is 0 Å². The van der Waals surface area contributed by atoms with Crippen molar-refractivity contribution in [3.8, 4) is 0 Å². The van der Waals surface area contributed by atoms with Gasteiger partial charge in [-0.15, -0.1) is 0 Å². The molecule has 0 spiro atoms. The molecule has 3 aromatic rings. The number of aromatic nitrogens is 2. The predicted molar refractivity (Wildman–Crippen MR) is 108 cm³/mol. The maximum absolute atomic E-state index is 12.6. The average Bonchev–Trinajstić information content (AvgIpc) is 2.89. The van der Waals surface area contributed by atoms with Gasteiger partial charge in [0.25, 0.3) is 11.6 Å². The lowest BCUT2D eigenvalue weighted by molar-refractivity contribution is -0.385. The Labute approximate surface area is 167 Å². The molecule has 0 saturated heterocycles. The first-order chi connectivity index (χ1) is 13.3. The molecule has 0 unspecified atom stereocenters. The highest BCUT2D eigenvalue weighted by Gasteiger charge is 2.18. The summed E-state index contributed by atoms with van der Waals surface area (Å²) >= 11 is 6.04. The normalized spacial score (nSPS) is 10.7. The lowest BCUT2D eigenvalue weighted by Gasteiger charge is -2.08. The molecule has 3 rings (SSSR count). The topological polar surface area (TPSA) is 90.1 Å². The number of rotatable bonds is 5. The van der Waals surface area contributed by atoms with Gasteiger partial charge < -0.3 is 5.32 Å². The van der Waals surface area contributed by atoms with Crippen molar-refractivity contribution in [3.05, 3.63) is 85.7 Å². The van der Waals surface area contributed by atoms with Gasteiger partial charge in [0.05, 0.1) is 28.5 Å². The van der Waals surface area contributed by atoms with Crippen molar-refractivity contribution >= 4 is 28.9 Å². The van der Waals surface area contributed by atoms with Gasteiger partial charge in [0, 0.05) is 22.2 Å². The monoisotopic (exact) mass is 398 g/mol. The molecule has 0 fully saturated rings. The Hall–Kier alpha value is -3.19. The number of nitro benzene ring substituents is 1. The zero-order chi connectivity index (χ0) is 20.4. The minimum absolute atomic E-state index is 0.0854. The minimum Gasteiger partial charge on any atom is -0.319 e. The lowest BCUT2D eigenvalue weighted by Crippen LogP contribution is -2.14. The van der Waals surface area contributed by atoms with Crippen molar-refractivity contribution in [3.63, 3.8) is 0 Å². The Morgan fingerprint density at radius 1 is 1.21 bits per heavy atom. The summed E-state index contributed by atoms with van der Waals surface area (Å²) in [6.45, 7) is 5.81. The van der Waals surface area contributed by atoms with Crippen LogP contribution in [0.25, 0.3) is 0 Å². The second-order valence-electron chi connectivity index (χ2n) is 6.55. The van der Waals surface area contributed by atoms with Gasteiger partial charge in [-0.25, -0.2) is 0 Å². The van der Waals surface area contributed by atoms with Crippen LogP contribution >= 0.6 is 11.6 Å². The number of carbonyl (C=O) groups excluding carboxylic acids is 1. The molecule has 144 valence electrons. The molecule has 1 N–H and O–H groups in total. The van der Waals surface area contributed by atoms with Gasteiger partial charge in [0.1, 0.15) is 0 Å². The molecule has 7 nitrogen and oxygen atoms in total. The van der Waals surface area contributed by atoms with E-state index < -0.39 is 10.8 Å². The SMILES string of the molecule is Cc1ccc(C(=O)Nc2c(C)nn(Cc3cccc(Cl)c3)c2C)cc1[N+](=O)[O-]. The maximum atomic E-state index is 12.6. The number of nitro groups is 1. The third-order valence-electron chi connectivity index (χ3n) is 4.51. The number of aryl methyl sites for hydroxylation is 2. The third kappa shape index (κ3) is 4.04. The zero-order valence-corrected chi connectivity index (χ0v) is 16.4. The summed E-state index contributed by atoms with van der Waals surface area (Å²) in [5.74, 6) is -0.420. The molecule has 0 atom stereocenters. The summed E-state index contributed by atoms with van der Waals surface area (Å²) in [7, 11) is 0. The van der Waals surface area contributed by atoms with Crippen LogP contribution in [0, 0.1) is 30.9 Å². The molecule has 1 aromatic heterocycles. The number of hydrogen-bond acceptors (Lipinski definition) is 4. The number of nitrogens with one attached hydrogen (secondary N) is 1. The van der Waals surface area contributed by atoms with Gasteiger partial charge in [0.15, 0.2) is 0 Å². The van der Waals surface area contributed by atoms with Crippen LogP contribution in [0.4, 0.5) is 11.4 Å². The van der Waals surface area contributed by atoms with Gasteiger partial charge in [-0.1, -0.05) is 29.8 Å². The number of benzene rings is 2. The summed E-state index contributed by atoms with van der Waals surface area (Å²) in [5, 5.41) is 19.1. The van der Waals surface area contributed by atoms with E-state index in [0.29, 0.717) is 28.5 Å². The van der Waals surface area contributed by atoms with E-state index in [-0.39, 0.29) is 11.3 Å². The molecule has 1 heterocycles. The van der Waals surface area contributed by atoms with Crippen LogP contribution in [0.3, 0.4) is 0 Å². The summed E-state index contributed by atoms with van der Waals surface area (Å²) < 4.78 is 1.79. The van der Waals surface area contributed by atoms with Crippen LogP contribution in [-0.2, 0) is 6.54 Å². The minimum atomic E-state index is -0.494. The highest BCUT2D eigenvalue weighted by atomic mass is 35.5. The first-order valence-corrected chi connectivity index (χ1v) is 8.99. The summed E-state index contributed by atoms with van der Waals surface area (Å²) in [4.78, 5) is 23.2. The van der Waals surface area contributed by atoms with Gasteiger partial charge in [-0.2, -0.15) is 5.10 Å². The Balaban J connectivity index is 1.85. The molecular formula is C20H19ClN4O3. The van der Waals surface area contributed by atoms with Crippen LogP contribution in [0.1, 0.15) is 32.9 Å². The van der Waals surface area contributed by atoms with Crippen LogP contribution in [0.5, 0.6) is 0 Å². The highest BCUT2D eigenvalue weighted by Crippen LogP contribution is 2.24. The van der Waals surface area contributed by atoms with E-state index in [1.54, 1.807) is 36.7 Å².